The van der Waals surface area contributed by atoms with Crippen LogP contribution in [-0.4, -0.2) is 37.7 Å². The Balaban J connectivity index is 1.82. The van der Waals surface area contributed by atoms with Crippen molar-refractivity contribution in [2.24, 2.45) is 0 Å². The summed E-state index contributed by atoms with van der Waals surface area (Å²) in [6.07, 6.45) is 0.172. The van der Waals surface area contributed by atoms with Gasteiger partial charge in [0.25, 0.3) is 10.0 Å². The number of ether oxygens (including phenoxy) is 1. The molecule has 0 aromatic heterocycles. The molecular weight excluding hydrogens is 380 g/mol. The second-order valence-electron chi connectivity index (χ2n) is 6.58. The largest absolute Gasteiger partial charge is 0.496 e. The Kier molecular flexibility index (Phi) is 5.69. The van der Waals surface area contributed by atoms with Crippen LogP contribution in [-0.2, 0) is 26.2 Å². The molecule has 1 heterocycles. The topological polar surface area (TPSA) is 92.8 Å². The van der Waals surface area contributed by atoms with Crippen LogP contribution in [0.3, 0.4) is 0 Å². The highest BCUT2D eigenvalue weighted by molar-refractivity contribution is 7.89. The molecule has 1 saturated heterocycles. The fourth-order valence-corrected chi connectivity index (χ4v) is 4.92. The average Bonchev–Trinajstić information content (AvgIpc) is 3.09. The van der Waals surface area contributed by atoms with Crippen LogP contribution in [0.5, 0.6) is 5.75 Å². The third-order valence-corrected chi connectivity index (χ3v) is 6.52. The number of carbonyl (C=O) groups is 2. The first-order valence-corrected chi connectivity index (χ1v) is 10.3. The number of rotatable bonds is 6. The highest BCUT2D eigenvalue weighted by Crippen LogP contribution is 2.29. The van der Waals surface area contributed by atoms with E-state index in [0.29, 0.717) is 15.6 Å². The fraction of sp³-hybridized carbons (Fsp3) is 0.300. The molecule has 2 amide bonds. The lowest BCUT2D eigenvalue weighted by atomic mass is 10.2. The number of methoxy groups -OCH3 is 1. The maximum absolute atomic E-state index is 13.1. The molecule has 0 radical (unpaired) electrons. The lowest BCUT2D eigenvalue weighted by Crippen LogP contribution is -2.47. The average molecular weight is 402 g/mol. The Morgan fingerprint density at radius 3 is 2.57 bits per heavy atom. The quantitative estimate of drug-likeness (QED) is 0.798. The van der Waals surface area contributed by atoms with E-state index in [4.69, 9.17) is 4.74 Å². The molecule has 0 unspecified atom stereocenters. The Labute approximate surface area is 164 Å². The molecule has 2 aromatic carbocycles. The van der Waals surface area contributed by atoms with E-state index in [-0.39, 0.29) is 24.3 Å². The van der Waals surface area contributed by atoms with Gasteiger partial charge in [-0.25, -0.2) is 12.7 Å². The number of nitrogens with one attached hydrogen (secondary N) is 1. The van der Waals surface area contributed by atoms with E-state index >= 15 is 0 Å². The molecule has 1 N–H and O–H groups in total. The highest BCUT2D eigenvalue weighted by Gasteiger charge is 2.44. The van der Waals surface area contributed by atoms with Crippen LogP contribution >= 0.6 is 0 Å². The van der Waals surface area contributed by atoms with Crippen LogP contribution in [0.15, 0.2) is 53.4 Å². The number of carbonyl (C=O) groups excluding carboxylic acids is 2. The van der Waals surface area contributed by atoms with E-state index < -0.39 is 27.9 Å². The van der Waals surface area contributed by atoms with Crippen LogP contribution in [0.25, 0.3) is 0 Å². The summed E-state index contributed by atoms with van der Waals surface area (Å²) in [5.74, 6) is -0.513. The molecule has 0 saturated carbocycles. The summed E-state index contributed by atoms with van der Waals surface area (Å²) < 4.78 is 32.0. The first-order valence-electron chi connectivity index (χ1n) is 8.88. The monoisotopic (exact) mass is 402 g/mol. The minimum Gasteiger partial charge on any atom is -0.496 e. The van der Waals surface area contributed by atoms with Gasteiger partial charge < -0.3 is 10.1 Å². The van der Waals surface area contributed by atoms with Gasteiger partial charge in [-0.15, -0.1) is 0 Å². The molecule has 1 aliphatic heterocycles. The standard InChI is InChI=1S/C20H22N2O5S/c1-14-12-16(8-10-18(14)27-2)28(25,26)22-17(9-11-19(22)23)20(24)21-13-15-6-4-3-5-7-15/h3-8,10,12,17H,9,11,13H2,1-2H3,(H,21,24)/t17-/m1/s1. The number of aryl methyl sites for hydroxylation is 1. The molecular formula is C20H22N2O5S. The molecule has 28 heavy (non-hydrogen) atoms. The van der Waals surface area contributed by atoms with Gasteiger partial charge >= 0.3 is 0 Å². The molecule has 2 aromatic rings. The molecule has 7 nitrogen and oxygen atoms in total. The van der Waals surface area contributed by atoms with Crippen LogP contribution in [0.1, 0.15) is 24.0 Å². The predicted molar refractivity (Wildman–Crippen MR) is 103 cm³/mol. The fourth-order valence-electron chi connectivity index (χ4n) is 3.23. The number of benzene rings is 2. The lowest BCUT2D eigenvalue weighted by Gasteiger charge is -2.24. The minimum atomic E-state index is -4.15. The summed E-state index contributed by atoms with van der Waals surface area (Å²) >= 11 is 0. The Morgan fingerprint density at radius 1 is 1.21 bits per heavy atom. The first kappa shape index (κ1) is 19.9. The van der Waals surface area contributed by atoms with Crippen molar-refractivity contribution in [3.05, 3.63) is 59.7 Å². The predicted octanol–water partition coefficient (Wildman–Crippen LogP) is 2.00. The number of hydrogen-bond donors (Lipinski definition) is 1. The van der Waals surface area contributed by atoms with Crippen molar-refractivity contribution in [2.45, 2.75) is 37.2 Å². The zero-order chi connectivity index (χ0) is 20.3. The van der Waals surface area contributed by atoms with Crippen molar-refractivity contribution >= 4 is 21.8 Å². The van der Waals surface area contributed by atoms with Gasteiger partial charge in [0, 0.05) is 13.0 Å². The van der Waals surface area contributed by atoms with Crippen LogP contribution < -0.4 is 10.1 Å². The minimum absolute atomic E-state index is 0.0117. The van der Waals surface area contributed by atoms with Crippen LogP contribution in [0, 0.1) is 6.92 Å². The summed E-state index contributed by atoms with van der Waals surface area (Å²) in [5.41, 5.74) is 1.51. The number of sulfonamides is 1. The molecule has 1 atom stereocenters. The molecule has 8 heteroatoms. The number of hydrogen-bond acceptors (Lipinski definition) is 5. The lowest BCUT2D eigenvalue weighted by molar-refractivity contribution is -0.130. The SMILES string of the molecule is COc1ccc(S(=O)(=O)N2C(=O)CC[C@@H]2C(=O)NCc2ccccc2)cc1C. The van der Waals surface area contributed by atoms with Crippen molar-refractivity contribution in [1.29, 1.82) is 0 Å². The summed E-state index contributed by atoms with van der Waals surface area (Å²) in [7, 11) is -2.65. The second-order valence-corrected chi connectivity index (χ2v) is 8.40. The van der Waals surface area contributed by atoms with Crippen LogP contribution in [0.2, 0.25) is 0 Å². The second kappa shape index (κ2) is 8.02. The molecule has 0 spiro atoms. The van der Waals surface area contributed by atoms with E-state index in [1.54, 1.807) is 6.92 Å². The zero-order valence-electron chi connectivity index (χ0n) is 15.7. The normalized spacial score (nSPS) is 16.9. The van der Waals surface area contributed by atoms with Gasteiger partial charge in [-0.3, -0.25) is 9.59 Å². The van der Waals surface area contributed by atoms with Gasteiger partial charge in [0.15, 0.2) is 0 Å². The summed E-state index contributed by atoms with van der Waals surface area (Å²) in [5, 5.41) is 2.73. The van der Waals surface area contributed by atoms with Gasteiger partial charge in [-0.05, 0) is 42.7 Å². The Hall–Kier alpha value is -2.87. The van der Waals surface area contributed by atoms with Crippen molar-refractivity contribution in [1.82, 2.24) is 9.62 Å². The maximum atomic E-state index is 13.1. The molecule has 0 aliphatic carbocycles. The van der Waals surface area contributed by atoms with Gasteiger partial charge in [0.05, 0.1) is 12.0 Å². The number of amides is 2. The van der Waals surface area contributed by atoms with E-state index in [1.165, 1.54) is 25.3 Å². The van der Waals surface area contributed by atoms with Crippen LogP contribution in [0.4, 0.5) is 0 Å². The summed E-state index contributed by atoms with van der Waals surface area (Å²) in [4.78, 5) is 24.9. The molecule has 0 bridgehead atoms. The van der Waals surface area contributed by atoms with Gasteiger partial charge in [-0.2, -0.15) is 0 Å². The highest BCUT2D eigenvalue weighted by atomic mass is 32.2. The smallest absolute Gasteiger partial charge is 0.267 e. The third kappa shape index (κ3) is 3.87. The van der Waals surface area contributed by atoms with Gasteiger partial charge in [0.2, 0.25) is 11.8 Å². The Bertz CT molecular complexity index is 989. The third-order valence-electron chi connectivity index (χ3n) is 4.70. The van der Waals surface area contributed by atoms with Crippen molar-refractivity contribution in [2.75, 3.05) is 7.11 Å². The van der Waals surface area contributed by atoms with Gasteiger partial charge in [-0.1, -0.05) is 30.3 Å². The van der Waals surface area contributed by atoms with E-state index in [2.05, 4.69) is 5.32 Å². The Morgan fingerprint density at radius 2 is 1.93 bits per heavy atom. The summed E-state index contributed by atoms with van der Waals surface area (Å²) in [6.45, 7) is 1.98. The van der Waals surface area contributed by atoms with E-state index in [0.717, 1.165) is 5.56 Å². The van der Waals surface area contributed by atoms with Crippen molar-refractivity contribution in [3.63, 3.8) is 0 Å². The van der Waals surface area contributed by atoms with Crippen molar-refractivity contribution in [3.8, 4) is 5.75 Å². The molecule has 148 valence electrons. The zero-order valence-corrected chi connectivity index (χ0v) is 16.5. The number of nitrogens with zero attached hydrogens (tertiary/aromatic N) is 1. The molecule has 3 rings (SSSR count). The van der Waals surface area contributed by atoms with E-state index in [9.17, 15) is 18.0 Å². The molecule has 1 aliphatic rings. The van der Waals surface area contributed by atoms with E-state index in [1.807, 2.05) is 30.3 Å². The van der Waals surface area contributed by atoms with Crippen molar-refractivity contribution < 1.29 is 22.7 Å². The first-order chi connectivity index (χ1) is 13.3. The summed E-state index contributed by atoms with van der Waals surface area (Å²) in [6, 6.07) is 12.6. The van der Waals surface area contributed by atoms with Gasteiger partial charge in [0.1, 0.15) is 11.8 Å². The maximum Gasteiger partial charge on any atom is 0.267 e. The molecule has 1 fully saturated rings.